The normalized spacial score (nSPS) is 18.0. The molecule has 0 spiro atoms. The summed E-state index contributed by atoms with van der Waals surface area (Å²) in [6.07, 6.45) is 4.82. The molecule has 1 unspecified atom stereocenters. The number of hydrogen-bond donors (Lipinski definition) is 2. The molecule has 4 rings (SSSR count). The minimum absolute atomic E-state index is 0.0376. The van der Waals surface area contributed by atoms with Crippen molar-refractivity contribution in [2.45, 2.75) is 18.5 Å². The molecule has 1 saturated heterocycles. The van der Waals surface area contributed by atoms with E-state index in [0.29, 0.717) is 16.4 Å². The number of aromatic nitrogens is 3. The van der Waals surface area contributed by atoms with Gasteiger partial charge in [0.05, 0.1) is 24.3 Å². The average Bonchev–Trinajstić information content (AvgIpc) is 3.26. The van der Waals surface area contributed by atoms with Gasteiger partial charge in [-0.25, -0.2) is 13.8 Å². The lowest BCUT2D eigenvalue weighted by Gasteiger charge is -2.19. The molecule has 1 fully saturated rings. The molecular formula is C20H18ClF2N5O. The highest BCUT2D eigenvalue weighted by atomic mass is 35.5. The van der Waals surface area contributed by atoms with E-state index >= 15 is 0 Å². The molecule has 1 amide bonds. The smallest absolute Gasteiger partial charge is 0.281 e. The molecule has 3 aromatic rings. The maximum Gasteiger partial charge on any atom is 0.281 e. The molecule has 2 N–H and O–H groups in total. The minimum Gasteiger partial charge on any atom is -0.344 e. The first-order chi connectivity index (χ1) is 13.9. The van der Waals surface area contributed by atoms with Crippen LogP contribution in [0.15, 0.2) is 55.1 Å². The van der Waals surface area contributed by atoms with E-state index in [1.807, 2.05) is 12.1 Å². The number of nitrogens with one attached hydrogen (secondary N) is 2. The van der Waals surface area contributed by atoms with Crippen LogP contribution in [-0.2, 0) is 11.3 Å². The summed E-state index contributed by atoms with van der Waals surface area (Å²) in [4.78, 5) is 21.0. The van der Waals surface area contributed by atoms with Crippen LogP contribution in [0, 0.1) is 0 Å². The number of rotatable bonds is 5. The molecule has 0 bridgehead atoms. The van der Waals surface area contributed by atoms with E-state index in [-0.39, 0.29) is 13.1 Å². The Balaban J connectivity index is 1.65. The SMILES string of the molecule is O=C(Cn1cnc(-c2ccc(Cl)cc2)c1-c1ccncc1)NC1CNCC1(F)F. The van der Waals surface area contributed by atoms with Crippen molar-refractivity contribution < 1.29 is 13.6 Å². The number of alkyl halides is 2. The Morgan fingerprint density at radius 2 is 1.93 bits per heavy atom. The monoisotopic (exact) mass is 417 g/mol. The van der Waals surface area contributed by atoms with Gasteiger partial charge in [-0.2, -0.15) is 0 Å². The number of halogens is 3. The molecule has 0 radical (unpaired) electrons. The highest BCUT2D eigenvalue weighted by Crippen LogP contribution is 2.31. The van der Waals surface area contributed by atoms with Crippen molar-refractivity contribution in [3.63, 3.8) is 0 Å². The maximum atomic E-state index is 13.8. The zero-order chi connectivity index (χ0) is 20.4. The summed E-state index contributed by atoms with van der Waals surface area (Å²) in [7, 11) is 0. The average molecular weight is 418 g/mol. The molecule has 0 saturated carbocycles. The standard InChI is InChI=1S/C20H18ClF2N5O/c21-15-3-1-13(2-4-15)18-19(14-5-7-24-8-6-14)28(12-26-18)10-17(29)27-16-9-25-11-20(16,22)23/h1-8,12,16,25H,9-11H2,(H,27,29). The van der Waals surface area contributed by atoms with Crippen molar-refractivity contribution in [3.05, 3.63) is 60.1 Å². The summed E-state index contributed by atoms with van der Waals surface area (Å²) >= 11 is 5.98. The second-order valence-corrected chi connectivity index (χ2v) is 7.26. The lowest BCUT2D eigenvalue weighted by molar-refractivity contribution is -0.124. The summed E-state index contributed by atoms with van der Waals surface area (Å²) < 4.78 is 29.2. The Morgan fingerprint density at radius 3 is 2.59 bits per heavy atom. The summed E-state index contributed by atoms with van der Waals surface area (Å²) in [6, 6.07) is 9.58. The van der Waals surface area contributed by atoms with Gasteiger partial charge in [-0.15, -0.1) is 0 Å². The zero-order valence-electron chi connectivity index (χ0n) is 15.3. The van der Waals surface area contributed by atoms with Crippen LogP contribution < -0.4 is 10.6 Å². The van der Waals surface area contributed by atoms with E-state index in [4.69, 9.17) is 11.6 Å². The summed E-state index contributed by atoms with van der Waals surface area (Å²) in [5.41, 5.74) is 2.99. The molecular weight excluding hydrogens is 400 g/mol. The third kappa shape index (κ3) is 4.13. The van der Waals surface area contributed by atoms with Crippen LogP contribution in [0.4, 0.5) is 8.78 Å². The van der Waals surface area contributed by atoms with Crippen LogP contribution in [0.3, 0.4) is 0 Å². The van der Waals surface area contributed by atoms with Crippen LogP contribution in [0.1, 0.15) is 0 Å². The second-order valence-electron chi connectivity index (χ2n) is 6.82. The van der Waals surface area contributed by atoms with Gasteiger partial charge in [0.25, 0.3) is 5.92 Å². The third-order valence-electron chi connectivity index (χ3n) is 4.78. The number of amides is 1. The van der Waals surface area contributed by atoms with E-state index < -0.39 is 24.4 Å². The van der Waals surface area contributed by atoms with Crippen molar-refractivity contribution in [3.8, 4) is 22.5 Å². The van der Waals surface area contributed by atoms with Crippen molar-refractivity contribution in [2.75, 3.05) is 13.1 Å². The summed E-state index contributed by atoms with van der Waals surface area (Å²) in [6.45, 7) is -0.535. The topological polar surface area (TPSA) is 71.8 Å². The van der Waals surface area contributed by atoms with Gasteiger partial charge in [0, 0.05) is 35.1 Å². The molecule has 6 nitrogen and oxygen atoms in total. The van der Waals surface area contributed by atoms with E-state index in [1.54, 1.807) is 41.2 Å². The van der Waals surface area contributed by atoms with Gasteiger partial charge in [-0.3, -0.25) is 9.78 Å². The number of carbonyl (C=O) groups excluding carboxylic acids is 1. The number of carbonyl (C=O) groups is 1. The van der Waals surface area contributed by atoms with Gasteiger partial charge in [0.2, 0.25) is 5.91 Å². The van der Waals surface area contributed by atoms with Crippen molar-refractivity contribution in [1.29, 1.82) is 0 Å². The molecule has 1 atom stereocenters. The van der Waals surface area contributed by atoms with Crippen LogP contribution in [0.5, 0.6) is 0 Å². The van der Waals surface area contributed by atoms with Gasteiger partial charge < -0.3 is 15.2 Å². The first-order valence-corrected chi connectivity index (χ1v) is 9.41. The highest BCUT2D eigenvalue weighted by Gasteiger charge is 2.44. The Kier molecular flexibility index (Phi) is 5.29. The first-order valence-electron chi connectivity index (χ1n) is 9.03. The Bertz CT molecular complexity index is 1010. The Hall–Kier alpha value is -2.84. The highest BCUT2D eigenvalue weighted by molar-refractivity contribution is 6.30. The molecule has 0 aliphatic carbocycles. The summed E-state index contributed by atoms with van der Waals surface area (Å²) in [5.74, 6) is -3.47. The fourth-order valence-electron chi connectivity index (χ4n) is 3.34. The lowest BCUT2D eigenvalue weighted by Crippen LogP contribution is -2.47. The maximum absolute atomic E-state index is 13.8. The molecule has 2 aromatic heterocycles. The van der Waals surface area contributed by atoms with E-state index in [9.17, 15) is 13.6 Å². The first kappa shape index (κ1) is 19.5. The van der Waals surface area contributed by atoms with Crippen molar-refractivity contribution in [1.82, 2.24) is 25.2 Å². The number of nitrogens with zero attached hydrogens (tertiary/aromatic N) is 3. The molecule has 1 aliphatic rings. The molecule has 1 aliphatic heterocycles. The van der Waals surface area contributed by atoms with Gasteiger partial charge in [-0.05, 0) is 24.3 Å². The summed E-state index contributed by atoms with van der Waals surface area (Å²) in [5, 5.41) is 5.62. The predicted octanol–water partition coefficient (Wildman–Crippen LogP) is 2.99. The van der Waals surface area contributed by atoms with Gasteiger partial charge in [0.15, 0.2) is 0 Å². The van der Waals surface area contributed by atoms with Crippen LogP contribution >= 0.6 is 11.6 Å². The Labute approximate surface area is 170 Å². The van der Waals surface area contributed by atoms with E-state index in [1.165, 1.54) is 6.33 Å². The fraction of sp³-hybridized carbons (Fsp3) is 0.250. The Morgan fingerprint density at radius 1 is 1.21 bits per heavy atom. The molecule has 9 heteroatoms. The number of pyridine rings is 1. The predicted molar refractivity (Wildman–Crippen MR) is 106 cm³/mol. The number of benzene rings is 1. The number of hydrogen-bond acceptors (Lipinski definition) is 4. The van der Waals surface area contributed by atoms with Gasteiger partial charge in [0.1, 0.15) is 12.6 Å². The lowest BCUT2D eigenvalue weighted by atomic mass is 10.1. The number of imidazole rings is 1. The van der Waals surface area contributed by atoms with Crippen LogP contribution in [0.25, 0.3) is 22.5 Å². The quantitative estimate of drug-likeness (QED) is 0.669. The van der Waals surface area contributed by atoms with E-state index in [2.05, 4.69) is 20.6 Å². The van der Waals surface area contributed by atoms with Crippen molar-refractivity contribution in [2.24, 2.45) is 0 Å². The molecule has 29 heavy (non-hydrogen) atoms. The van der Waals surface area contributed by atoms with Crippen LogP contribution in [0.2, 0.25) is 5.02 Å². The largest absolute Gasteiger partial charge is 0.344 e. The minimum atomic E-state index is -2.97. The molecule has 3 heterocycles. The van der Waals surface area contributed by atoms with Crippen LogP contribution in [-0.4, -0.2) is 45.5 Å². The fourth-order valence-corrected chi connectivity index (χ4v) is 3.47. The van der Waals surface area contributed by atoms with Gasteiger partial charge in [-0.1, -0.05) is 23.7 Å². The van der Waals surface area contributed by atoms with E-state index in [0.717, 1.165) is 11.1 Å². The molecule has 150 valence electrons. The van der Waals surface area contributed by atoms with Gasteiger partial charge >= 0.3 is 0 Å². The second kappa shape index (κ2) is 7.88. The van der Waals surface area contributed by atoms with Crippen molar-refractivity contribution >= 4 is 17.5 Å². The zero-order valence-corrected chi connectivity index (χ0v) is 16.0. The third-order valence-corrected chi connectivity index (χ3v) is 5.03. The molecule has 1 aromatic carbocycles.